The van der Waals surface area contributed by atoms with E-state index in [1.54, 1.807) is 54.6 Å². The SMILES string of the molecule is N#CC(=Cc1ccc(-c2cc(Cl)cc(Cl)c2)o1)c1nc2ccccc2c(=O)[nH]1. The van der Waals surface area contributed by atoms with Crippen LogP contribution in [-0.4, -0.2) is 9.97 Å². The molecule has 7 heteroatoms. The van der Waals surface area contributed by atoms with Crippen molar-refractivity contribution in [1.82, 2.24) is 9.97 Å². The van der Waals surface area contributed by atoms with E-state index in [1.807, 2.05) is 0 Å². The number of fused-ring (bicyclic) bond motifs is 1. The van der Waals surface area contributed by atoms with Crippen LogP contribution in [0.2, 0.25) is 10.0 Å². The maximum atomic E-state index is 12.2. The van der Waals surface area contributed by atoms with E-state index in [2.05, 4.69) is 16.0 Å². The van der Waals surface area contributed by atoms with Crippen LogP contribution in [0.3, 0.4) is 0 Å². The number of aromatic amines is 1. The second kappa shape index (κ2) is 7.35. The van der Waals surface area contributed by atoms with Gasteiger partial charge < -0.3 is 9.40 Å². The van der Waals surface area contributed by atoms with Crippen LogP contribution in [-0.2, 0) is 0 Å². The summed E-state index contributed by atoms with van der Waals surface area (Å²) in [6.45, 7) is 0. The standard InChI is InChI=1S/C21H11Cl2N3O2/c22-14-7-12(8-15(23)10-14)19-6-5-16(28-19)9-13(11-24)20-25-18-4-2-1-3-17(18)21(27)26-20/h1-10H,(H,25,26,27). The van der Waals surface area contributed by atoms with Crippen LogP contribution >= 0.6 is 23.2 Å². The number of nitrogens with one attached hydrogen (secondary N) is 1. The fourth-order valence-corrected chi connectivity index (χ4v) is 3.32. The lowest BCUT2D eigenvalue weighted by Gasteiger charge is -2.01. The average molecular weight is 408 g/mol. The van der Waals surface area contributed by atoms with E-state index in [-0.39, 0.29) is 17.0 Å². The van der Waals surface area contributed by atoms with Crippen molar-refractivity contribution in [3.63, 3.8) is 0 Å². The molecule has 2 heterocycles. The Hall–Kier alpha value is -3.33. The predicted molar refractivity (Wildman–Crippen MR) is 110 cm³/mol. The summed E-state index contributed by atoms with van der Waals surface area (Å²) in [6, 6.07) is 17.5. The molecule has 0 aliphatic heterocycles. The Morgan fingerprint density at radius 2 is 1.86 bits per heavy atom. The van der Waals surface area contributed by atoms with Crippen LogP contribution in [0.4, 0.5) is 0 Å². The predicted octanol–water partition coefficient (Wildman–Crippen LogP) is 5.55. The van der Waals surface area contributed by atoms with Gasteiger partial charge in [0.15, 0.2) is 5.82 Å². The second-order valence-corrected chi connectivity index (χ2v) is 6.83. The Morgan fingerprint density at radius 3 is 2.61 bits per heavy atom. The third kappa shape index (κ3) is 3.56. The molecule has 5 nitrogen and oxygen atoms in total. The van der Waals surface area contributed by atoms with Crippen molar-refractivity contribution in [2.24, 2.45) is 0 Å². The van der Waals surface area contributed by atoms with Gasteiger partial charge in [0.2, 0.25) is 0 Å². The fourth-order valence-electron chi connectivity index (χ4n) is 2.79. The number of furan rings is 1. The van der Waals surface area contributed by atoms with Gasteiger partial charge in [0.25, 0.3) is 5.56 Å². The number of hydrogen-bond acceptors (Lipinski definition) is 4. The number of aromatic nitrogens is 2. The maximum Gasteiger partial charge on any atom is 0.259 e. The number of halogens is 2. The Balaban J connectivity index is 1.75. The highest BCUT2D eigenvalue weighted by atomic mass is 35.5. The number of hydrogen-bond donors (Lipinski definition) is 1. The first-order chi connectivity index (χ1) is 13.5. The molecule has 4 rings (SSSR count). The van der Waals surface area contributed by atoms with Crippen LogP contribution < -0.4 is 5.56 Å². The Labute approximate surface area is 169 Å². The summed E-state index contributed by atoms with van der Waals surface area (Å²) in [6.07, 6.45) is 1.52. The van der Waals surface area contributed by atoms with Crippen molar-refractivity contribution >= 4 is 45.8 Å². The summed E-state index contributed by atoms with van der Waals surface area (Å²) < 4.78 is 5.79. The van der Waals surface area contributed by atoms with Crippen LogP contribution in [0.5, 0.6) is 0 Å². The normalized spacial score (nSPS) is 11.5. The maximum absolute atomic E-state index is 12.2. The van der Waals surface area contributed by atoms with E-state index in [0.29, 0.717) is 38.0 Å². The summed E-state index contributed by atoms with van der Waals surface area (Å²) in [7, 11) is 0. The molecule has 28 heavy (non-hydrogen) atoms. The molecule has 0 aliphatic carbocycles. The molecule has 0 saturated heterocycles. The van der Waals surface area contributed by atoms with Gasteiger partial charge in [-0.15, -0.1) is 0 Å². The molecule has 4 aromatic rings. The van der Waals surface area contributed by atoms with E-state index in [0.717, 1.165) is 0 Å². The average Bonchev–Trinajstić information content (AvgIpc) is 3.14. The molecule has 0 bridgehead atoms. The van der Waals surface area contributed by atoms with E-state index < -0.39 is 0 Å². The van der Waals surface area contributed by atoms with Crippen molar-refractivity contribution in [1.29, 1.82) is 5.26 Å². The third-order valence-electron chi connectivity index (χ3n) is 4.05. The summed E-state index contributed by atoms with van der Waals surface area (Å²) in [5.74, 6) is 1.15. The van der Waals surface area contributed by atoms with Gasteiger partial charge in [-0.1, -0.05) is 35.3 Å². The van der Waals surface area contributed by atoms with Crippen LogP contribution in [0.1, 0.15) is 11.6 Å². The molecule has 0 amide bonds. The van der Waals surface area contributed by atoms with Gasteiger partial charge in [0.05, 0.1) is 16.5 Å². The van der Waals surface area contributed by atoms with Gasteiger partial charge in [-0.3, -0.25) is 4.79 Å². The lowest BCUT2D eigenvalue weighted by atomic mass is 10.2. The number of nitriles is 1. The molecule has 0 radical (unpaired) electrons. The fraction of sp³-hybridized carbons (Fsp3) is 0. The molecule has 0 unspecified atom stereocenters. The van der Waals surface area contributed by atoms with Crippen LogP contribution in [0.25, 0.3) is 33.9 Å². The van der Waals surface area contributed by atoms with Gasteiger partial charge in [0.1, 0.15) is 17.6 Å². The van der Waals surface area contributed by atoms with Gasteiger partial charge >= 0.3 is 0 Å². The number of nitrogens with zero attached hydrogens (tertiary/aromatic N) is 2. The molecule has 1 N–H and O–H groups in total. The summed E-state index contributed by atoms with van der Waals surface area (Å²) >= 11 is 12.1. The number of H-pyrrole nitrogens is 1. The molecule has 0 spiro atoms. The van der Waals surface area contributed by atoms with E-state index in [4.69, 9.17) is 27.6 Å². The summed E-state index contributed by atoms with van der Waals surface area (Å²) in [5.41, 5.74) is 1.09. The molecule has 0 saturated carbocycles. The monoisotopic (exact) mass is 407 g/mol. The molecule has 0 fully saturated rings. The second-order valence-electron chi connectivity index (χ2n) is 5.96. The van der Waals surface area contributed by atoms with E-state index >= 15 is 0 Å². The molecule has 0 aliphatic rings. The molecule has 2 aromatic heterocycles. The van der Waals surface area contributed by atoms with E-state index in [1.165, 1.54) is 6.08 Å². The molecule has 0 atom stereocenters. The number of rotatable bonds is 3. The highest BCUT2D eigenvalue weighted by Crippen LogP contribution is 2.29. The first-order valence-corrected chi connectivity index (χ1v) is 8.96. The molecular formula is C21H11Cl2N3O2. The van der Waals surface area contributed by atoms with Gasteiger partial charge in [-0.2, -0.15) is 5.26 Å². The Kier molecular flexibility index (Phi) is 4.74. The Bertz CT molecular complexity index is 1310. The highest BCUT2D eigenvalue weighted by molar-refractivity contribution is 6.35. The van der Waals surface area contributed by atoms with Crippen molar-refractivity contribution in [2.45, 2.75) is 0 Å². The highest BCUT2D eigenvalue weighted by Gasteiger charge is 2.11. The Morgan fingerprint density at radius 1 is 1.11 bits per heavy atom. The van der Waals surface area contributed by atoms with Crippen molar-refractivity contribution < 1.29 is 4.42 Å². The zero-order chi connectivity index (χ0) is 19.7. The quantitative estimate of drug-likeness (QED) is 0.451. The molecule has 2 aromatic carbocycles. The van der Waals surface area contributed by atoms with Crippen molar-refractivity contribution in [3.05, 3.63) is 86.6 Å². The zero-order valence-corrected chi connectivity index (χ0v) is 15.8. The first-order valence-electron chi connectivity index (χ1n) is 8.21. The minimum atomic E-state index is -0.310. The first kappa shape index (κ1) is 18.1. The van der Waals surface area contributed by atoms with Gasteiger partial charge in [-0.25, -0.2) is 4.98 Å². The van der Waals surface area contributed by atoms with E-state index in [9.17, 15) is 10.1 Å². The summed E-state index contributed by atoms with van der Waals surface area (Å²) in [5, 5.41) is 11.0. The topological polar surface area (TPSA) is 82.7 Å². The van der Waals surface area contributed by atoms with Crippen LogP contribution in [0, 0.1) is 11.3 Å². The smallest absolute Gasteiger partial charge is 0.259 e. The zero-order valence-electron chi connectivity index (χ0n) is 14.2. The van der Waals surface area contributed by atoms with Gasteiger partial charge in [0, 0.05) is 21.7 Å². The van der Waals surface area contributed by atoms with Crippen molar-refractivity contribution in [2.75, 3.05) is 0 Å². The lowest BCUT2D eigenvalue weighted by Crippen LogP contribution is -2.11. The minimum absolute atomic E-state index is 0.174. The van der Waals surface area contributed by atoms with Crippen molar-refractivity contribution in [3.8, 4) is 17.4 Å². The number of allylic oxidation sites excluding steroid dienone is 1. The van der Waals surface area contributed by atoms with Crippen LogP contribution in [0.15, 0.2) is 63.8 Å². The largest absolute Gasteiger partial charge is 0.457 e. The van der Waals surface area contributed by atoms with Gasteiger partial charge in [-0.05, 0) is 42.5 Å². The lowest BCUT2D eigenvalue weighted by molar-refractivity contribution is 0.572. The molecule has 136 valence electrons. The molecular weight excluding hydrogens is 397 g/mol. The number of benzene rings is 2. The third-order valence-corrected chi connectivity index (χ3v) is 4.49. The summed E-state index contributed by atoms with van der Waals surface area (Å²) in [4.78, 5) is 19.3. The number of para-hydroxylation sites is 1. The minimum Gasteiger partial charge on any atom is -0.457 e.